The highest BCUT2D eigenvalue weighted by atomic mass is 16.6. The maximum Gasteiger partial charge on any atom is 0.310 e. The number of hydrogen-bond donors (Lipinski definition) is 1. The van der Waals surface area contributed by atoms with Gasteiger partial charge in [0.15, 0.2) is 11.5 Å². The van der Waals surface area contributed by atoms with Crippen molar-refractivity contribution in [1.82, 2.24) is 19.7 Å². The number of aromatic nitrogens is 4. The first-order valence-electron chi connectivity index (χ1n) is 9.96. The molecule has 2 fully saturated rings. The Labute approximate surface area is 181 Å². The SMILES string of the molecule is C[C@H](C#N)Nc1cc(-n2ncc3cc(C#N)c(N4C[C@H]5C[C@@H]4CO5)nc32)ncc1[N+](=O)[O-]. The summed E-state index contributed by atoms with van der Waals surface area (Å²) in [6.45, 7) is 2.87. The second kappa shape index (κ2) is 7.44. The van der Waals surface area contributed by atoms with Crippen molar-refractivity contribution in [3.63, 3.8) is 0 Å². The number of nitrogens with zero attached hydrogens (tertiary/aromatic N) is 8. The number of morpholine rings is 1. The standard InChI is InChI=1S/C20H17N9O3/c1-11(5-21)25-16-4-18(23-8-17(16)29(30)31)28-20-13(7-24-28)2-12(6-22)19(26-20)27-9-15-3-14(27)10-32-15/h2,4,7-8,11,14-15H,3,9-10H2,1H3,(H,23,25)/t11-,14-,15-/m1/s1. The highest BCUT2D eigenvalue weighted by molar-refractivity contribution is 5.82. The fourth-order valence-corrected chi connectivity index (χ4v) is 4.16. The summed E-state index contributed by atoms with van der Waals surface area (Å²) in [6.07, 6.45) is 3.73. The Morgan fingerprint density at radius 2 is 2.22 bits per heavy atom. The van der Waals surface area contributed by atoms with Crippen molar-refractivity contribution >= 4 is 28.2 Å². The van der Waals surface area contributed by atoms with Gasteiger partial charge in [0.2, 0.25) is 0 Å². The van der Waals surface area contributed by atoms with Gasteiger partial charge in [0, 0.05) is 18.0 Å². The molecule has 3 aromatic rings. The van der Waals surface area contributed by atoms with Gasteiger partial charge < -0.3 is 15.0 Å². The molecular formula is C20H17N9O3. The van der Waals surface area contributed by atoms with Crippen molar-refractivity contribution < 1.29 is 9.66 Å². The van der Waals surface area contributed by atoms with E-state index in [0.29, 0.717) is 41.4 Å². The highest BCUT2D eigenvalue weighted by Crippen LogP contribution is 2.35. The van der Waals surface area contributed by atoms with Crippen molar-refractivity contribution in [2.45, 2.75) is 31.5 Å². The fourth-order valence-electron chi connectivity index (χ4n) is 4.16. The van der Waals surface area contributed by atoms with Crippen LogP contribution in [0.25, 0.3) is 16.9 Å². The zero-order valence-electron chi connectivity index (χ0n) is 17.0. The maximum absolute atomic E-state index is 11.4. The Morgan fingerprint density at radius 3 is 2.88 bits per heavy atom. The lowest BCUT2D eigenvalue weighted by Gasteiger charge is -2.28. The molecule has 2 aliphatic rings. The molecular weight excluding hydrogens is 414 g/mol. The number of nitrogens with one attached hydrogen (secondary N) is 1. The minimum absolute atomic E-state index is 0.140. The van der Waals surface area contributed by atoms with E-state index >= 15 is 0 Å². The van der Waals surface area contributed by atoms with Crippen molar-refractivity contribution in [2.24, 2.45) is 0 Å². The van der Waals surface area contributed by atoms with Crippen LogP contribution in [0.2, 0.25) is 0 Å². The molecule has 0 unspecified atom stereocenters. The number of anilines is 2. The Bertz CT molecular complexity index is 1320. The molecule has 1 N–H and O–H groups in total. The topological polar surface area (TPSA) is 159 Å². The summed E-state index contributed by atoms with van der Waals surface area (Å²) < 4.78 is 7.13. The van der Waals surface area contributed by atoms with Gasteiger partial charge in [-0.15, -0.1) is 0 Å². The second-order valence-corrected chi connectivity index (χ2v) is 7.75. The molecule has 5 rings (SSSR count). The van der Waals surface area contributed by atoms with Crippen molar-refractivity contribution in [3.8, 4) is 18.0 Å². The van der Waals surface area contributed by atoms with Gasteiger partial charge >= 0.3 is 5.69 Å². The summed E-state index contributed by atoms with van der Waals surface area (Å²) in [5.74, 6) is 0.864. The quantitative estimate of drug-likeness (QED) is 0.467. The van der Waals surface area contributed by atoms with Gasteiger partial charge in [0.25, 0.3) is 0 Å². The molecule has 0 saturated carbocycles. The van der Waals surface area contributed by atoms with Crippen LogP contribution in [0.3, 0.4) is 0 Å². The van der Waals surface area contributed by atoms with Gasteiger partial charge in [0.1, 0.15) is 29.8 Å². The molecule has 3 atom stereocenters. The van der Waals surface area contributed by atoms with Crippen LogP contribution in [0.1, 0.15) is 18.9 Å². The van der Waals surface area contributed by atoms with E-state index in [9.17, 15) is 15.4 Å². The van der Waals surface area contributed by atoms with E-state index in [4.69, 9.17) is 15.0 Å². The summed E-state index contributed by atoms with van der Waals surface area (Å²) >= 11 is 0. The molecule has 0 aromatic carbocycles. The van der Waals surface area contributed by atoms with E-state index in [1.54, 1.807) is 19.2 Å². The van der Waals surface area contributed by atoms with Crippen molar-refractivity contribution in [3.05, 3.63) is 40.2 Å². The molecule has 0 amide bonds. The van der Waals surface area contributed by atoms with Crippen molar-refractivity contribution in [1.29, 1.82) is 10.5 Å². The van der Waals surface area contributed by atoms with Crippen LogP contribution in [0.4, 0.5) is 17.2 Å². The average Bonchev–Trinajstić information content (AvgIpc) is 3.53. The Hall–Kier alpha value is -4.29. The van der Waals surface area contributed by atoms with Gasteiger partial charge in [-0.3, -0.25) is 10.1 Å². The summed E-state index contributed by atoms with van der Waals surface area (Å²) in [7, 11) is 0. The first kappa shape index (κ1) is 19.7. The molecule has 0 aliphatic carbocycles. The Balaban J connectivity index is 1.61. The first-order chi connectivity index (χ1) is 15.5. The average molecular weight is 431 g/mol. The number of rotatable bonds is 5. The predicted molar refractivity (Wildman–Crippen MR) is 112 cm³/mol. The lowest BCUT2D eigenvalue weighted by atomic mass is 10.2. The minimum Gasteiger partial charge on any atom is -0.374 e. The van der Waals surface area contributed by atoms with E-state index in [-0.39, 0.29) is 23.5 Å². The Kier molecular flexibility index (Phi) is 4.57. The molecule has 3 aromatic heterocycles. The number of hydrogen-bond acceptors (Lipinski definition) is 10. The third-order valence-electron chi connectivity index (χ3n) is 5.66. The van der Waals surface area contributed by atoms with Crippen LogP contribution in [-0.4, -0.2) is 56.0 Å². The normalized spacial score (nSPS) is 20.2. The summed E-state index contributed by atoms with van der Waals surface area (Å²) in [4.78, 5) is 21.9. The van der Waals surface area contributed by atoms with E-state index in [2.05, 4.69) is 26.4 Å². The third-order valence-corrected chi connectivity index (χ3v) is 5.66. The number of fused-ring (bicyclic) bond motifs is 3. The van der Waals surface area contributed by atoms with Crippen LogP contribution < -0.4 is 10.2 Å². The Morgan fingerprint density at radius 1 is 1.38 bits per heavy atom. The van der Waals surface area contributed by atoms with Crippen LogP contribution in [0.15, 0.2) is 24.5 Å². The van der Waals surface area contributed by atoms with Gasteiger partial charge in [0.05, 0.1) is 41.5 Å². The van der Waals surface area contributed by atoms with Gasteiger partial charge in [-0.1, -0.05) is 0 Å². The lowest BCUT2D eigenvalue weighted by molar-refractivity contribution is -0.384. The van der Waals surface area contributed by atoms with Crippen LogP contribution in [0, 0.1) is 32.8 Å². The van der Waals surface area contributed by atoms with E-state index in [1.165, 1.54) is 10.7 Å². The first-order valence-corrected chi connectivity index (χ1v) is 9.96. The molecule has 2 bridgehead atoms. The van der Waals surface area contributed by atoms with Gasteiger partial charge in [-0.05, 0) is 19.4 Å². The van der Waals surface area contributed by atoms with E-state index < -0.39 is 11.0 Å². The second-order valence-electron chi connectivity index (χ2n) is 7.75. The monoisotopic (exact) mass is 431 g/mol. The molecule has 0 spiro atoms. The smallest absolute Gasteiger partial charge is 0.310 e. The molecule has 2 aliphatic heterocycles. The molecule has 12 nitrogen and oxygen atoms in total. The predicted octanol–water partition coefficient (Wildman–Crippen LogP) is 1.90. The molecule has 5 heterocycles. The summed E-state index contributed by atoms with van der Waals surface area (Å²) in [5.41, 5.74) is 0.830. The highest BCUT2D eigenvalue weighted by Gasteiger charge is 2.40. The van der Waals surface area contributed by atoms with Crippen LogP contribution in [0.5, 0.6) is 0 Å². The molecule has 2 saturated heterocycles. The van der Waals surface area contributed by atoms with Crippen LogP contribution in [-0.2, 0) is 4.74 Å². The fraction of sp³-hybridized carbons (Fsp3) is 0.350. The zero-order valence-corrected chi connectivity index (χ0v) is 17.0. The minimum atomic E-state index is -0.644. The molecule has 160 valence electrons. The number of nitriles is 2. The van der Waals surface area contributed by atoms with E-state index in [0.717, 1.165) is 12.6 Å². The molecule has 32 heavy (non-hydrogen) atoms. The number of nitro groups is 1. The largest absolute Gasteiger partial charge is 0.374 e. The van der Waals surface area contributed by atoms with Crippen LogP contribution >= 0.6 is 0 Å². The summed E-state index contributed by atoms with van der Waals surface area (Å²) in [6, 6.07) is 6.93. The van der Waals surface area contributed by atoms with Gasteiger partial charge in [-0.25, -0.2) is 9.97 Å². The lowest BCUT2D eigenvalue weighted by Crippen LogP contribution is -2.38. The van der Waals surface area contributed by atoms with Crippen molar-refractivity contribution in [2.75, 3.05) is 23.4 Å². The van der Waals surface area contributed by atoms with Gasteiger partial charge in [-0.2, -0.15) is 20.3 Å². The summed E-state index contributed by atoms with van der Waals surface area (Å²) in [5, 5.41) is 38.0. The maximum atomic E-state index is 11.4. The molecule has 12 heteroatoms. The zero-order chi connectivity index (χ0) is 22.4. The third kappa shape index (κ3) is 3.14. The number of ether oxygens (including phenoxy) is 1. The van der Waals surface area contributed by atoms with E-state index in [1.807, 2.05) is 6.07 Å². The number of pyridine rings is 2. The molecule has 0 radical (unpaired) electrons.